The predicted octanol–water partition coefficient (Wildman–Crippen LogP) is 14.1. The van der Waals surface area contributed by atoms with Gasteiger partial charge in [0.2, 0.25) is 0 Å². The van der Waals surface area contributed by atoms with Gasteiger partial charge in [-0.05, 0) is 87.0 Å². The van der Waals surface area contributed by atoms with Crippen LogP contribution in [-0.2, 0) is 0 Å². The van der Waals surface area contributed by atoms with Crippen LogP contribution in [0.25, 0.3) is 43.5 Å². The highest BCUT2D eigenvalue weighted by atomic mass is 16.3. The largest absolute Gasteiger partial charge is 0.456 e. The maximum atomic E-state index is 7.02. The Hall–Kier alpha value is -6.32. The molecule has 0 fully saturated rings. The molecule has 0 radical (unpaired) electrons. The van der Waals surface area contributed by atoms with E-state index in [2.05, 4.69) is 195 Å². The van der Waals surface area contributed by atoms with Crippen molar-refractivity contribution in [2.24, 2.45) is 0 Å². The van der Waals surface area contributed by atoms with E-state index in [0.29, 0.717) is 0 Å². The third kappa shape index (κ3) is 5.30. The third-order valence-corrected chi connectivity index (χ3v) is 10.1. The van der Waals surface area contributed by atoms with Gasteiger partial charge in [-0.25, -0.2) is 0 Å². The standard InChI is InChI=1S/C48H38N2O/c1-31-13-21-35(22-14-31)49(36-23-15-32(2)16-24-36)43-29-45-47(41-11-7-5-9-39(41)43)48-42-12-8-6-10-40(42)44(30-46(48)51-45)50(37-25-17-33(3)18-26-37)38-27-19-34(4)20-28-38/h5-30H,1-4H3. The van der Waals surface area contributed by atoms with E-state index >= 15 is 0 Å². The molecular formula is C48H38N2O. The van der Waals surface area contributed by atoms with E-state index in [0.717, 1.165) is 56.1 Å². The van der Waals surface area contributed by atoms with Crippen LogP contribution >= 0.6 is 0 Å². The highest BCUT2D eigenvalue weighted by Gasteiger charge is 2.24. The van der Waals surface area contributed by atoms with Crippen molar-refractivity contribution in [2.75, 3.05) is 9.80 Å². The lowest BCUT2D eigenvalue weighted by molar-refractivity contribution is 0.669. The minimum Gasteiger partial charge on any atom is -0.456 e. The summed E-state index contributed by atoms with van der Waals surface area (Å²) in [5.41, 5.74) is 13.2. The average Bonchev–Trinajstić information content (AvgIpc) is 3.54. The first-order valence-corrected chi connectivity index (χ1v) is 17.6. The second-order valence-electron chi connectivity index (χ2n) is 13.7. The quantitative estimate of drug-likeness (QED) is 0.177. The summed E-state index contributed by atoms with van der Waals surface area (Å²) in [7, 11) is 0. The molecule has 1 aromatic heterocycles. The van der Waals surface area contributed by atoms with E-state index in [1.165, 1.54) is 43.8 Å². The second-order valence-corrected chi connectivity index (χ2v) is 13.7. The van der Waals surface area contributed by atoms with Crippen molar-refractivity contribution in [1.29, 1.82) is 0 Å². The Labute approximate surface area is 298 Å². The monoisotopic (exact) mass is 658 g/mol. The van der Waals surface area contributed by atoms with Gasteiger partial charge in [0.25, 0.3) is 0 Å². The first-order valence-electron chi connectivity index (χ1n) is 17.6. The lowest BCUT2D eigenvalue weighted by atomic mass is 9.96. The number of anilines is 6. The summed E-state index contributed by atoms with van der Waals surface area (Å²) >= 11 is 0. The SMILES string of the molecule is Cc1ccc(N(c2ccc(C)cc2)c2cc3oc4cc(N(c5ccc(C)cc5)c5ccc(C)cc5)c5ccccc5c4c3c3ccccc23)cc1. The van der Waals surface area contributed by atoms with Crippen molar-refractivity contribution in [3.8, 4) is 0 Å². The van der Waals surface area contributed by atoms with Gasteiger partial charge >= 0.3 is 0 Å². The van der Waals surface area contributed by atoms with Crippen molar-refractivity contribution in [1.82, 2.24) is 0 Å². The smallest absolute Gasteiger partial charge is 0.138 e. The van der Waals surface area contributed by atoms with Crippen molar-refractivity contribution in [2.45, 2.75) is 27.7 Å². The normalized spacial score (nSPS) is 11.5. The average molecular weight is 659 g/mol. The molecule has 0 atom stereocenters. The number of furan rings is 1. The first kappa shape index (κ1) is 30.7. The van der Waals surface area contributed by atoms with Gasteiger partial charge in [0.15, 0.2) is 0 Å². The molecule has 246 valence electrons. The van der Waals surface area contributed by atoms with Crippen LogP contribution in [0.2, 0.25) is 0 Å². The molecule has 8 aromatic carbocycles. The Bertz CT molecular complexity index is 2420. The molecule has 0 saturated carbocycles. The molecule has 9 rings (SSSR count). The second kappa shape index (κ2) is 12.2. The van der Waals surface area contributed by atoms with E-state index in [4.69, 9.17) is 4.42 Å². The fourth-order valence-electron chi connectivity index (χ4n) is 7.46. The molecule has 0 bridgehead atoms. The van der Waals surface area contributed by atoms with Crippen LogP contribution in [0.3, 0.4) is 0 Å². The fraction of sp³-hybridized carbons (Fsp3) is 0.0833. The molecule has 0 aliphatic rings. The molecule has 0 spiro atoms. The zero-order chi connectivity index (χ0) is 34.6. The van der Waals surface area contributed by atoms with Crippen molar-refractivity contribution < 1.29 is 4.42 Å². The molecule has 0 saturated heterocycles. The summed E-state index contributed by atoms with van der Waals surface area (Å²) in [6.07, 6.45) is 0. The van der Waals surface area contributed by atoms with Gasteiger partial charge in [-0.2, -0.15) is 0 Å². The fourth-order valence-corrected chi connectivity index (χ4v) is 7.46. The summed E-state index contributed by atoms with van der Waals surface area (Å²) in [4.78, 5) is 4.71. The van der Waals surface area contributed by atoms with Crippen LogP contribution in [-0.4, -0.2) is 0 Å². The van der Waals surface area contributed by atoms with Crippen molar-refractivity contribution in [3.63, 3.8) is 0 Å². The summed E-state index contributed by atoms with van der Waals surface area (Å²) in [6.45, 7) is 8.53. The van der Waals surface area contributed by atoms with Crippen LogP contribution in [0, 0.1) is 27.7 Å². The number of benzene rings is 8. The van der Waals surface area contributed by atoms with Crippen molar-refractivity contribution in [3.05, 3.63) is 180 Å². The summed E-state index contributed by atoms with van der Waals surface area (Å²) in [5.74, 6) is 0. The minimum atomic E-state index is 0.863. The van der Waals surface area contributed by atoms with E-state index < -0.39 is 0 Å². The number of nitrogens with zero attached hydrogens (tertiary/aromatic N) is 2. The number of fused-ring (bicyclic) bond motifs is 7. The number of hydrogen-bond acceptors (Lipinski definition) is 3. The van der Waals surface area contributed by atoms with Crippen LogP contribution < -0.4 is 9.80 Å². The van der Waals surface area contributed by atoms with E-state index in [1.807, 2.05) is 0 Å². The molecular weight excluding hydrogens is 621 g/mol. The summed E-state index contributed by atoms with van der Waals surface area (Å²) in [6, 6.07) is 57.1. The van der Waals surface area contributed by atoms with E-state index in [9.17, 15) is 0 Å². The number of aryl methyl sites for hydroxylation is 4. The van der Waals surface area contributed by atoms with Gasteiger partial charge in [-0.15, -0.1) is 0 Å². The van der Waals surface area contributed by atoms with Crippen LogP contribution in [0.4, 0.5) is 34.1 Å². The Morgan fingerprint density at radius 2 is 0.608 bits per heavy atom. The Kier molecular flexibility index (Phi) is 7.36. The van der Waals surface area contributed by atoms with Gasteiger partial charge in [0, 0.05) is 56.4 Å². The first-order chi connectivity index (χ1) is 24.9. The topological polar surface area (TPSA) is 19.6 Å². The third-order valence-electron chi connectivity index (χ3n) is 10.1. The van der Waals surface area contributed by atoms with Crippen LogP contribution in [0.1, 0.15) is 22.3 Å². The van der Waals surface area contributed by atoms with E-state index in [-0.39, 0.29) is 0 Å². The lowest BCUT2D eigenvalue weighted by Gasteiger charge is -2.27. The van der Waals surface area contributed by atoms with Gasteiger partial charge in [-0.3, -0.25) is 0 Å². The lowest BCUT2D eigenvalue weighted by Crippen LogP contribution is -2.10. The molecule has 0 aliphatic heterocycles. The predicted molar refractivity (Wildman–Crippen MR) is 217 cm³/mol. The Morgan fingerprint density at radius 3 is 0.902 bits per heavy atom. The molecule has 3 nitrogen and oxygen atoms in total. The summed E-state index contributed by atoms with van der Waals surface area (Å²) in [5, 5.41) is 6.94. The molecule has 0 N–H and O–H groups in total. The van der Waals surface area contributed by atoms with Gasteiger partial charge in [-0.1, -0.05) is 119 Å². The van der Waals surface area contributed by atoms with Crippen LogP contribution in [0.5, 0.6) is 0 Å². The Morgan fingerprint density at radius 1 is 0.333 bits per heavy atom. The van der Waals surface area contributed by atoms with E-state index in [1.54, 1.807) is 0 Å². The number of hydrogen-bond donors (Lipinski definition) is 0. The summed E-state index contributed by atoms with van der Waals surface area (Å²) < 4.78 is 7.02. The highest BCUT2D eigenvalue weighted by molar-refractivity contribution is 6.30. The molecule has 0 amide bonds. The van der Waals surface area contributed by atoms with Crippen molar-refractivity contribution >= 4 is 77.6 Å². The van der Waals surface area contributed by atoms with Gasteiger partial charge in [0.1, 0.15) is 11.2 Å². The zero-order valence-electron chi connectivity index (χ0n) is 29.3. The zero-order valence-corrected chi connectivity index (χ0v) is 29.3. The van der Waals surface area contributed by atoms with Gasteiger partial charge in [0.05, 0.1) is 11.4 Å². The molecule has 1 heterocycles. The molecule has 9 aromatic rings. The van der Waals surface area contributed by atoms with Gasteiger partial charge < -0.3 is 14.2 Å². The molecule has 51 heavy (non-hydrogen) atoms. The maximum absolute atomic E-state index is 7.02. The highest BCUT2D eigenvalue weighted by Crippen LogP contribution is 2.49. The molecule has 0 aliphatic carbocycles. The molecule has 0 unspecified atom stereocenters. The molecule has 3 heteroatoms. The maximum Gasteiger partial charge on any atom is 0.138 e. The minimum absolute atomic E-state index is 0.863. The Balaban J connectivity index is 1.35. The number of rotatable bonds is 6. The van der Waals surface area contributed by atoms with Crippen LogP contribution in [0.15, 0.2) is 162 Å².